The summed E-state index contributed by atoms with van der Waals surface area (Å²) in [6.45, 7) is 1.96. The van der Waals surface area contributed by atoms with Crippen LogP contribution in [0.25, 0.3) is 0 Å². The zero-order valence-corrected chi connectivity index (χ0v) is 10.1. The molecule has 0 unspecified atom stereocenters. The molecule has 1 saturated carbocycles. The maximum Gasteiger partial charge on any atom is 0.0957 e. The second-order valence-corrected chi connectivity index (χ2v) is 4.56. The van der Waals surface area contributed by atoms with E-state index in [9.17, 15) is 5.11 Å². The van der Waals surface area contributed by atoms with Crippen molar-refractivity contribution in [2.75, 3.05) is 11.9 Å². The highest BCUT2D eigenvalue weighted by Gasteiger charge is 2.22. The number of rotatable bonds is 4. The maximum atomic E-state index is 9.65. The SMILES string of the molecule is CC[C@H](O)c1ccc(N(C)C2CCC2)cn1. The van der Waals surface area contributed by atoms with Crippen molar-refractivity contribution in [3.8, 4) is 0 Å². The molecule has 0 amide bonds. The number of nitrogens with zero attached hydrogens (tertiary/aromatic N) is 2. The number of hydrogen-bond donors (Lipinski definition) is 1. The van der Waals surface area contributed by atoms with Gasteiger partial charge in [0.25, 0.3) is 0 Å². The molecule has 1 N–H and O–H groups in total. The first-order valence-corrected chi connectivity index (χ1v) is 6.09. The summed E-state index contributed by atoms with van der Waals surface area (Å²) >= 11 is 0. The molecular weight excluding hydrogens is 200 g/mol. The lowest BCUT2D eigenvalue weighted by atomic mass is 9.91. The second-order valence-electron chi connectivity index (χ2n) is 4.56. The quantitative estimate of drug-likeness (QED) is 0.847. The fourth-order valence-corrected chi connectivity index (χ4v) is 2.00. The summed E-state index contributed by atoms with van der Waals surface area (Å²) in [5, 5.41) is 9.65. The van der Waals surface area contributed by atoms with Crippen molar-refractivity contribution < 1.29 is 5.11 Å². The van der Waals surface area contributed by atoms with Gasteiger partial charge in [-0.25, -0.2) is 0 Å². The largest absolute Gasteiger partial charge is 0.387 e. The third-order valence-corrected chi connectivity index (χ3v) is 3.53. The predicted octanol–water partition coefficient (Wildman–Crippen LogP) is 2.51. The van der Waals surface area contributed by atoms with Crippen molar-refractivity contribution in [1.29, 1.82) is 0 Å². The van der Waals surface area contributed by atoms with E-state index in [0.717, 1.165) is 11.4 Å². The van der Waals surface area contributed by atoms with Gasteiger partial charge in [-0.05, 0) is 37.8 Å². The van der Waals surface area contributed by atoms with E-state index >= 15 is 0 Å². The molecule has 0 aromatic carbocycles. The van der Waals surface area contributed by atoms with Gasteiger partial charge in [0, 0.05) is 13.1 Å². The van der Waals surface area contributed by atoms with Gasteiger partial charge >= 0.3 is 0 Å². The summed E-state index contributed by atoms with van der Waals surface area (Å²) in [4.78, 5) is 6.61. The molecule has 1 aliphatic carbocycles. The van der Waals surface area contributed by atoms with Crippen molar-refractivity contribution in [2.45, 2.75) is 44.8 Å². The van der Waals surface area contributed by atoms with Crippen LogP contribution < -0.4 is 4.90 Å². The smallest absolute Gasteiger partial charge is 0.0957 e. The first-order valence-electron chi connectivity index (χ1n) is 6.09. The van der Waals surface area contributed by atoms with Gasteiger partial charge in [0.15, 0.2) is 0 Å². The molecule has 0 spiro atoms. The molecule has 1 fully saturated rings. The molecule has 0 bridgehead atoms. The summed E-state index contributed by atoms with van der Waals surface area (Å²) in [5.41, 5.74) is 1.92. The standard InChI is InChI=1S/C13H20N2O/c1-3-13(16)12-8-7-11(9-14-12)15(2)10-5-4-6-10/h7-10,13,16H,3-6H2,1-2H3/t13-/m0/s1. The molecule has 3 nitrogen and oxygen atoms in total. The lowest BCUT2D eigenvalue weighted by Crippen LogP contribution is -2.37. The van der Waals surface area contributed by atoms with Crippen LogP contribution in [0.2, 0.25) is 0 Å². The van der Waals surface area contributed by atoms with Gasteiger partial charge in [0.2, 0.25) is 0 Å². The molecule has 1 aliphatic rings. The third kappa shape index (κ3) is 2.19. The van der Waals surface area contributed by atoms with Crippen LogP contribution in [0.5, 0.6) is 0 Å². The van der Waals surface area contributed by atoms with E-state index in [1.165, 1.54) is 19.3 Å². The molecule has 3 heteroatoms. The summed E-state index contributed by atoms with van der Waals surface area (Å²) in [6.07, 6.45) is 6.07. The van der Waals surface area contributed by atoms with Crippen molar-refractivity contribution >= 4 is 5.69 Å². The van der Waals surface area contributed by atoms with E-state index in [1.807, 2.05) is 19.2 Å². The van der Waals surface area contributed by atoms with Gasteiger partial charge in [-0.2, -0.15) is 0 Å². The van der Waals surface area contributed by atoms with Crippen LogP contribution in [-0.4, -0.2) is 23.2 Å². The van der Waals surface area contributed by atoms with Gasteiger partial charge in [-0.3, -0.25) is 4.98 Å². The van der Waals surface area contributed by atoms with Crippen molar-refractivity contribution in [1.82, 2.24) is 4.98 Å². The number of anilines is 1. The molecule has 0 saturated heterocycles. The lowest BCUT2D eigenvalue weighted by Gasteiger charge is -2.36. The highest BCUT2D eigenvalue weighted by Crippen LogP contribution is 2.28. The lowest BCUT2D eigenvalue weighted by molar-refractivity contribution is 0.169. The first-order chi connectivity index (χ1) is 7.72. The van der Waals surface area contributed by atoms with E-state index < -0.39 is 6.10 Å². The fraction of sp³-hybridized carbons (Fsp3) is 0.615. The molecule has 1 aromatic rings. The molecule has 1 aromatic heterocycles. The summed E-state index contributed by atoms with van der Waals surface area (Å²) in [7, 11) is 2.12. The van der Waals surface area contributed by atoms with Crippen molar-refractivity contribution in [3.05, 3.63) is 24.0 Å². The Kier molecular flexibility index (Phi) is 3.44. The van der Waals surface area contributed by atoms with Crippen LogP contribution in [0.4, 0.5) is 5.69 Å². The number of aliphatic hydroxyl groups is 1. The van der Waals surface area contributed by atoms with E-state index in [0.29, 0.717) is 12.5 Å². The Labute approximate surface area is 97.1 Å². The minimum Gasteiger partial charge on any atom is -0.387 e. The van der Waals surface area contributed by atoms with Gasteiger partial charge in [-0.15, -0.1) is 0 Å². The molecule has 1 atom stereocenters. The molecular formula is C13H20N2O. The van der Waals surface area contributed by atoms with Gasteiger partial charge in [0.1, 0.15) is 0 Å². The molecule has 0 aliphatic heterocycles. The zero-order chi connectivity index (χ0) is 11.5. The topological polar surface area (TPSA) is 36.4 Å². The van der Waals surface area contributed by atoms with Gasteiger partial charge in [-0.1, -0.05) is 6.92 Å². The minimum absolute atomic E-state index is 0.428. The van der Waals surface area contributed by atoms with Crippen LogP contribution in [0.1, 0.15) is 44.4 Å². The number of hydrogen-bond acceptors (Lipinski definition) is 3. The van der Waals surface area contributed by atoms with Crippen LogP contribution in [-0.2, 0) is 0 Å². The van der Waals surface area contributed by atoms with E-state index in [-0.39, 0.29) is 0 Å². The Morgan fingerprint density at radius 2 is 2.25 bits per heavy atom. The Bertz CT molecular complexity index is 332. The van der Waals surface area contributed by atoms with Crippen molar-refractivity contribution in [3.63, 3.8) is 0 Å². The highest BCUT2D eigenvalue weighted by molar-refractivity contribution is 5.45. The average molecular weight is 220 g/mol. The molecule has 16 heavy (non-hydrogen) atoms. The van der Waals surface area contributed by atoms with E-state index in [4.69, 9.17) is 0 Å². The maximum absolute atomic E-state index is 9.65. The molecule has 2 rings (SSSR count). The monoisotopic (exact) mass is 220 g/mol. The Morgan fingerprint density at radius 1 is 1.50 bits per heavy atom. The fourth-order valence-electron chi connectivity index (χ4n) is 2.00. The predicted molar refractivity (Wildman–Crippen MR) is 65.5 cm³/mol. The number of aromatic nitrogens is 1. The Hall–Kier alpha value is -1.09. The minimum atomic E-state index is -0.428. The van der Waals surface area contributed by atoms with Crippen LogP contribution in [0.15, 0.2) is 18.3 Å². The summed E-state index contributed by atoms with van der Waals surface area (Å²) in [5.74, 6) is 0. The zero-order valence-electron chi connectivity index (χ0n) is 10.1. The summed E-state index contributed by atoms with van der Waals surface area (Å²) < 4.78 is 0. The molecule has 0 radical (unpaired) electrons. The number of aliphatic hydroxyl groups excluding tert-OH is 1. The number of pyridine rings is 1. The van der Waals surface area contributed by atoms with Crippen LogP contribution in [0, 0.1) is 0 Å². The molecule has 88 valence electrons. The first kappa shape index (κ1) is 11.4. The molecule has 1 heterocycles. The van der Waals surface area contributed by atoms with E-state index in [2.05, 4.69) is 23.0 Å². The van der Waals surface area contributed by atoms with Crippen LogP contribution >= 0.6 is 0 Å². The van der Waals surface area contributed by atoms with Crippen molar-refractivity contribution in [2.24, 2.45) is 0 Å². The third-order valence-electron chi connectivity index (χ3n) is 3.53. The van der Waals surface area contributed by atoms with E-state index in [1.54, 1.807) is 0 Å². The normalized spacial score (nSPS) is 17.9. The Balaban J connectivity index is 2.06. The average Bonchev–Trinajstić information content (AvgIpc) is 2.26. The van der Waals surface area contributed by atoms with Crippen LogP contribution in [0.3, 0.4) is 0 Å². The highest BCUT2D eigenvalue weighted by atomic mass is 16.3. The van der Waals surface area contributed by atoms with Gasteiger partial charge < -0.3 is 10.0 Å². The summed E-state index contributed by atoms with van der Waals surface area (Å²) in [6, 6.07) is 4.67. The Morgan fingerprint density at radius 3 is 2.69 bits per heavy atom. The van der Waals surface area contributed by atoms with Gasteiger partial charge in [0.05, 0.1) is 23.7 Å². The second kappa shape index (κ2) is 4.83.